The predicted molar refractivity (Wildman–Crippen MR) is 102 cm³/mol. The molecule has 0 aliphatic heterocycles. The quantitative estimate of drug-likeness (QED) is 0.555. The number of amides is 1. The summed E-state index contributed by atoms with van der Waals surface area (Å²) in [7, 11) is 0. The van der Waals surface area contributed by atoms with Crippen molar-refractivity contribution in [3.63, 3.8) is 0 Å². The minimum Gasteiger partial charge on any atom is -0.321 e. The second kappa shape index (κ2) is 8.19. The summed E-state index contributed by atoms with van der Waals surface area (Å²) in [6.45, 7) is 0. The first-order valence-electron chi connectivity index (χ1n) is 7.65. The molecule has 126 valence electrons. The Morgan fingerprint density at radius 1 is 1.00 bits per heavy atom. The molecule has 3 aromatic carbocycles. The number of carbonyl (C=O) groups is 1. The summed E-state index contributed by atoms with van der Waals surface area (Å²) in [4.78, 5) is 13.3. The van der Waals surface area contributed by atoms with E-state index in [0.29, 0.717) is 10.7 Å². The lowest BCUT2D eigenvalue weighted by Gasteiger charge is -2.11. The fourth-order valence-electron chi connectivity index (χ4n) is 2.26. The maximum absolute atomic E-state index is 13.3. The second-order valence-corrected chi connectivity index (χ2v) is 6.83. The van der Waals surface area contributed by atoms with Crippen LogP contribution in [0.5, 0.6) is 0 Å². The van der Waals surface area contributed by atoms with Crippen LogP contribution >= 0.6 is 23.4 Å². The van der Waals surface area contributed by atoms with Crippen LogP contribution in [0.1, 0.15) is 15.9 Å². The van der Waals surface area contributed by atoms with Gasteiger partial charge >= 0.3 is 0 Å². The van der Waals surface area contributed by atoms with E-state index in [1.165, 1.54) is 18.2 Å². The van der Waals surface area contributed by atoms with Crippen LogP contribution in [0.4, 0.5) is 10.1 Å². The van der Waals surface area contributed by atoms with Gasteiger partial charge in [0.15, 0.2) is 0 Å². The fraction of sp³-hybridized carbons (Fsp3) is 0.0500. The molecule has 1 N–H and O–H groups in total. The first-order valence-corrected chi connectivity index (χ1v) is 9.01. The van der Waals surface area contributed by atoms with E-state index in [1.54, 1.807) is 17.8 Å². The molecule has 0 fully saturated rings. The molecular formula is C20H15ClFNOS. The van der Waals surface area contributed by atoms with Crippen LogP contribution in [0.25, 0.3) is 0 Å². The van der Waals surface area contributed by atoms with E-state index in [0.717, 1.165) is 16.2 Å². The molecular weight excluding hydrogens is 357 g/mol. The molecule has 25 heavy (non-hydrogen) atoms. The monoisotopic (exact) mass is 371 g/mol. The molecule has 0 aromatic heterocycles. The SMILES string of the molecule is O=C(Nc1ccccc1SCc1ccc(Cl)cc1)c1cccc(F)c1. The lowest BCUT2D eigenvalue weighted by molar-refractivity contribution is 0.102. The molecule has 0 unspecified atom stereocenters. The summed E-state index contributed by atoms with van der Waals surface area (Å²) in [6, 6.07) is 20.9. The molecule has 1 amide bonds. The van der Waals surface area contributed by atoms with Crippen LogP contribution in [-0.4, -0.2) is 5.91 Å². The van der Waals surface area contributed by atoms with Crippen molar-refractivity contribution in [1.29, 1.82) is 0 Å². The molecule has 5 heteroatoms. The van der Waals surface area contributed by atoms with Crippen LogP contribution in [0.15, 0.2) is 77.7 Å². The normalized spacial score (nSPS) is 10.5. The average molecular weight is 372 g/mol. The molecule has 0 heterocycles. The first-order chi connectivity index (χ1) is 12.1. The molecule has 0 spiro atoms. The summed E-state index contributed by atoms with van der Waals surface area (Å²) in [5.74, 6) is -0.0126. The summed E-state index contributed by atoms with van der Waals surface area (Å²) >= 11 is 7.51. The van der Waals surface area contributed by atoms with Crippen LogP contribution in [0.2, 0.25) is 5.02 Å². The molecule has 0 saturated heterocycles. The summed E-state index contributed by atoms with van der Waals surface area (Å²) < 4.78 is 13.3. The van der Waals surface area contributed by atoms with E-state index in [1.807, 2.05) is 48.5 Å². The fourth-order valence-corrected chi connectivity index (χ4v) is 3.35. The van der Waals surface area contributed by atoms with Gasteiger partial charge in [-0.15, -0.1) is 11.8 Å². The topological polar surface area (TPSA) is 29.1 Å². The highest BCUT2D eigenvalue weighted by Crippen LogP contribution is 2.30. The van der Waals surface area contributed by atoms with Gasteiger partial charge in [0.05, 0.1) is 5.69 Å². The van der Waals surface area contributed by atoms with E-state index in [2.05, 4.69) is 5.32 Å². The minimum absolute atomic E-state index is 0.289. The Hall–Kier alpha value is -2.30. The summed E-state index contributed by atoms with van der Waals surface area (Å²) in [5.41, 5.74) is 2.13. The third kappa shape index (κ3) is 4.84. The van der Waals surface area contributed by atoms with E-state index >= 15 is 0 Å². The second-order valence-electron chi connectivity index (χ2n) is 5.38. The highest BCUT2D eigenvalue weighted by molar-refractivity contribution is 7.98. The molecule has 3 aromatic rings. The smallest absolute Gasteiger partial charge is 0.255 e. The lowest BCUT2D eigenvalue weighted by Crippen LogP contribution is -2.12. The number of benzene rings is 3. The Morgan fingerprint density at radius 2 is 1.76 bits per heavy atom. The van der Waals surface area contributed by atoms with Gasteiger partial charge in [0, 0.05) is 21.2 Å². The number of para-hydroxylation sites is 1. The number of halogens is 2. The standard InChI is InChI=1S/C20H15ClFNOS/c21-16-10-8-14(9-11-16)13-25-19-7-2-1-6-18(19)23-20(24)15-4-3-5-17(22)12-15/h1-12H,13H2,(H,23,24). The zero-order valence-electron chi connectivity index (χ0n) is 13.2. The molecule has 0 aliphatic rings. The maximum Gasteiger partial charge on any atom is 0.255 e. The van der Waals surface area contributed by atoms with Crippen molar-refractivity contribution in [3.05, 3.63) is 94.8 Å². The van der Waals surface area contributed by atoms with Gasteiger partial charge in [-0.2, -0.15) is 0 Å². The van der Waals surface area contributed by atoms with Gasteiger partial charge in [0.1, 0.15) is 5.82 Å². The minimum atomic E-state index is -0.432. The van der Waals surface area contributed by atoms with Crippen molar-refractivity contribution in [2.45, 2.75) is 10.6 Å². The van der Waals surface area contributed by atoms with E-state index in [-0.39, 0.29) is 11.5 Å². The number of anilines is 1. The van der Waals surface area contributed by atoms with Gasteiger partial charge in [-0.3, -0.25) is 4.79 Å². The third-order valence-corrected chi connectivity index (χ3v) is 4.93. The van der Waals surface area contributed by atoms with Crippen molar-refractivity contribution in [2.24, 2.45) is 0 Å². The number of thioether (sulfide) groups is 1. The zero-order valence-corrected chi connectivity index (χ0v) is 14.8. The van der Waals surface area contributed by atoms with Crippen molar-refractivity contribution in [1.82, 2.24) is 0 Å². The van der Waals surface area contributed by atoms with Crippen molar-refractivity contribution in [2.75, 3.05) is 5.32 Å². The number of hydrogen-bond acceptors (Lipinski definition) is 2. The average Bonchev–Trinajstić information content (AvgIpc) is 2.62. The predicted octanol–water partition coefficient (Wildman–Crippen LogP) is 6.02. The molecule has 0 bridgehead atoms. The molecule has 3 rings (SSSR count). The number of hydrogen-bond donors (Lipinski definition) is 1. The van der Waals surface area contributed by atoms with Crippen molar-refractivity contribution < 1.29 is 9.18 Å². The van der Waals surface area contributed by atoms with Gasteiger partial charge in [-0.25, -0.2) is 4.39 Å². The van der Waals surface area contributed by atoms with Crippen molar-refractivity contribution in [3.8, 4) is 0 Å². The van der Waals surface area contributed by atoms with Gasteiger partial charge in [-0.05, 0) is 48.0 Å². The van der Waals surface area contributed by atoms with Crippen LogP contribution in [0, 0.1) is 5.82 Å². The summed E-state index contributed by atoms with van der Waals surface area (Å²) in [5, 5.41) is 3.56. The van der Waals surface area contributed by atoms with E-state index in [9.17, 15) is 9.18 Å². The Morgan fingerprint density at radius 3 is 2.52 bits per heavy atom. The Labute approximate surface area is 155 Å². The van der Waals surface area contributed by atoms with Gasteiger partial charge < -0.3 is 5.32 Å². The highest BCUT2D eigenvalue weighted by atomic mass is 35.5. The van der Waals surface area contributed by atoms with E-state index in [4.69, 9.17) is 11.6 Å². The zero-order chi connectivity index (χ0) is 17.6. The largest absolute Gasteiger partial charge is 0.321 e. The lowest BCUT2D eigenvalue weighted by atomic mass is 10.2. The number of nitrogens with one attached hydrogen (secondary N) is 1. The maximum atomic E-state index is 13.3. The molecule has 0 saturated carbocycles. The van der Waals surface area contributed by atoms with Crippen LogP contribution in [0.3, 0.4) is 0 Å². The van der Waals surface area contributed by atoms with Gasteiger partial charge in [0.25, 0.3) is 5.91 Å². The van der Waals surface area contributed by atoms with Crippen molar-refractivity contribution >= 4 is 35.0 Å². The summed E-state index contributed by atoms with van der Waals surface area (Å²) in [6.07, 6.45) is 0. The molecule has 0 aliphatic carbocycles. The molecule has 2 nitrogen and oxygen atoms in total. The Bertz CT molecular complexity index is 883. The van der Waals surface area contributed by atoms with Crippen LogP contribution in [-0.2, 0) is 5.75 Å². The number of carbonyl (C=O) groups excluding carboxylic acids is 1. The van der Waals surface area contributed by atoms with Gasteiger partial charge in [-0.1, -0.05) is 41.9 Å². The van der Waals surface area contributed by atoms with E-state index < -0.39 is 5.82 Å². The molecule has 0 atom stereocenters. The van der Waals surface area contributed by atoms with Gasteiger partial charge in [0.2, 0.25) is 0 Å². The Balaban J connectivity index is 1.72. The Kier molecular flexibility index (Phi) is 5.74. The highest BCUT2D eigenvalue weighted by Gasteiger charge is 2.10. The first kappa shape index (κ1) is 17.5. The molecule has 0 radical (unpaired) electrons. The van der Waals surface area contributed by atoms with Crippen LogP contribution < -0.4 is 5.32 Å². The number of rotatable bonds is 5. The third-order valence-electron chi connectivity index (χ3n) is 3.53.